The first kappa shape index (κ1) is 18.7. The van der Waals surface area contributed by atoms with Crippen molar-refractivity contribution < 1.29 is 9.21 Å². The van der Waals surface area contributed by atoms with Gasteiger partial charge in [0.05, 0.1) is 29.1 Å². The van der Waals surface area contributed by atoms with E-state index in [-0.39, 0.29) is 5.91 Å². The number of benzene rings is 1. The Hall–Kier alpha value is -2.66. The van der Waals surface area contributed by atoms with Crippen molar-refractivity contribution in [1.29, 1.82) is 0 Å². The van der Waals surface area contributed by atoms with Gasteiger partial charge in [-0.25, -0.2) is 0 Å². The molecule has 0 saturated carbocycles. The molecule has 0 aliphatic carbocycles. The Morgan fingerprint density at radius 3 is 2.50 bits per heavy atom. The minimum absolute atomic E-state index is 0.0950. The van der Waals surface area contributed by atoms with Crippen LogP contribution in [0.4, 0.5) is 5.69 Å². The van der Waals surface area contributed by atoms with Gasteiger partial charge in [-0.15, -0.1) is 0 Å². The summed E-state index contributed by atoms with van der Waals surface area (Å²) in [5.74, 6) is 0.978. The number of hydrogen-bond donors (Lipinski definition) is 0. The third-order valence-electron chi connectivity index (χ3n) is 5.46. The van der Waals surface area contributed by atoms with E-state index in [9.17, 15) is 4.79 Å². The number of halogens is 1. The maximum Gasteiger partial charge on any atom is 0.255 e. The Kier molecular flexibility index (Phi) is 5.18. The van der Waals surface area contributed by atoms with Crippen LogP contribution in [0.1, 0.15) is 27.5 Å². The second kappa shape index (κ2) is 7.76. The molecule has 3 heterocycles. The standard InChI is InChI=1S/C22H24ClN3O2/c1-16-14-19(17(2)26(16)15-18-6-5-13-28-18)22(27)25-11-9-24(10-12-25)21-8-4-3-7-20(21)23/h3-8,13-14H,9-12,15H2,1-2H3. The van der Waals surface area contributed by atoms with E-state index in [4.69, 9.17) is 16.0 Å². The Balaban J connectivity index is 1.46. The smallest absolute Gasteiger partial charge is 0.255 e. The molecular weight excluding hydrogens is 374 g/mol. The average Bonchev–Trinajstić information content (AvgIpc) is 3.32. The first-order valence-electron chi connectivity index (χ1n) is 9.52. The number of hydrogen-bond acceptors (Lipinski definition) is 3. The first-order valence-corrected chi connectivity index (χ1v) is 9.90. The van der Waals surface area contributed by atoms with Crippen LogP contribution < -0.4 is 4.90 Å². The Morgan fingerprint density at radius 2 is 1.82 bits per heavy atom. The van der Waals surface area contributed by atoms with Crippen LogP contribution >= 0.6 is 11.6 Å². The third kappa shape index (κ3) is 3.54. The number of carbonyl (C=O) groups is 1. The van der Waals surface area contributed by atoms with Crippen molar-refractivity contribution >= 4 is 23.2 Å². The number of anilines is 1. The van der Waals surface area contributed by atoms with Gasteiger partial charge in [0.15, 0.2) is 0 Å². The number of rotatable bonds is 4. The Labute approximate surface area is 170 Å². The lowest BCUT2D eigenvalue weighted by molar-refractivity contribution is 0.0746. The summed E-state index contributed by atoms with van der Waals surface area (Å²) in [4.78, 5) is 17.3. The maximum absolute atomic E-state index is 13.1. The van der Waals surface area contributed by atoms with Gasteiger partial charge in [-0.1, -0.05) is 23.7 Å². The molecule has 4 rings (SSSR count). The van der Waals surface area contributed by atoms with Crippen molar-refractivity contribution in [2.45, 2.75) is 20.4 Å². The molecule has 6 heteroatoms. The number of nitrogens with zero attached hydrogens (tertiary/aromatic N) is 3. The van der Waals surface area contributed by atoms with Crippen molar-refractivity contribution in [3.8, 4) is 0 Å². The molecule has 0 unspecified atom stereocenters. The summed E-state index contributed by atoms with van der Waals surface area (Å²) >= 11 is 6.32. The molecule has 5 nitrogen and oxygen atoms in total. The summed E-state index contributed by atoms with van der Waals surface area (Å²) in [6, 6.07) is 13.7. The number of piperazine rings is 1. The summed E-state index contributed by atoms with van der Waals surface area (Å²) in [6.45, 7) is 7.60. The molecule has 0 spiro atoms. The van der Waals surface area contributed by atoms with Gasteiger partial charge in [-0.2, -0.15) is 0 Å². The number of para-hydroxylation sites is 1. The van der Waals surface area contributed by atoms with Gasteiger partial charge in [0, 0.05) is 37.6 Å². The zero-order valence-electron chi connectivity index (χ0n) is 16.2. The predicted molar refractivity (Wildman–Crippen MR) is 111 cm³/mol. The van der Waals surface area contributed by atoms with Crippen LogP contribution in [0.25, 0.3) is 0 Å². The average molecular weight is 398 g/mol. The zero-order chi connectivity index (χ0) is 19.7. The van der Waals surface area contributed by atoms with E-state index in [1.165, 1.54) is 0 Å². The van der Waals surface area contributed by atoms with E-state index in [0.29, 0.717) is 19.6 Å². The largest absolute Gasteiger partial charge is 0.467 e. The number of aromatic nitrogens is 1. The lowest BCUT2D eigenvalue weighted by atomic mass is 10.2. The SMILES string of the molecule is Cc1cc(C(=O)N2CCN(c3ccccc3Cl)CC2)c(C)n1Cc1ccco1. The molecule has 2 aromatic heterocycles. The molecule has 146 valence electrons. The van der Waals surface area contributed by atoms with Crippen LogP contribution in [0.3, 0.4) is 0 Å². The summed E-state index contributed by atoms with van der Waals surface area (Å²) in [5.41, 5.74) is 3.85. The third-order valence-corrected chi connectivity index (χ3v) is 5.78. The summed E-state index contributed by atoms with van der Waals surface area (Å²) in [7, 11) is 0. The molecule has 1 amide bonds. The molecule has 0 bridgehead atoms. The highest BCUT2D eigenvalue weighted by molar-refractivity contribution is 6.33. The molecule has 1 saturated heterocycles. The molecular formula is C22H24ClN3O2. The Bertz CT molecular complexity index is 970. The summed E-state index contributed by atoms with van der Waals surface area (Å²) in [5, 5.41) is 0.753. The summed E-state index contributed by atoms with van der Waals surface area (Å²) in [6.07, 6.45) is 1.67. The second-order valence-electron chi connectivity index (χ2n) is 7.18. The minimum atomic E-state index is 0.0950. The summed E-state index contributed by atoms with van der Waals surface area (Å²) < 4.78 is 7.60. The van der Waals surface area contributed by atoms with E-state index in [2.05, 4.69) is 9.47 Å². The molecule has 0 N–H and O–H groups in total. The lowest BCUT2D eigenvalue weighted by Crippen LogP contribution is -2.49. The van der Waals surface area contributed by atoms with Crippen LogP contribution in [0, 0.1) is 13.8 Å². The highest BCUT2D eigenvalue weighted by Gasteiger charge is 2.26. The van der Waals surface area contributed by atoms with Crippen molar-refractivity contribution in [3.05, 3.63) is 76.5 Å². The Morgan fingerprint density at radius 1 is 1.07 bits per heavy atom. The number of carbonyl (C=O) groups excluding carboxylic acids is 1. The molecule has 1 aromatic carbocycles. The zero-order valence-corrected chi connectivity index (χ0v) is 16.9. The van der Waals surface area contributed by atoms with Crippen molar-refractivity contribution in [2.75, 3.05) is 31.1 Å². The fourth-order valence-electron chi connectivity index (χ4n) is 3.85. The van der Waals surface area contributed by atoms with Gasteiger partial charge < -0.3 is 18.8 Å². The van der Waals surface area contributed by atoms with Crippen LogP contribution in [0.2, 0.25) is 5.02 Å². The lowest BCUT2D eigenvalue weighted by Gasteiger charge is -2.36. The van der Waals surface area contributed by atoms with E-state index in [1.807, 2.05) is 61.2 Å². The number of amides is 1. The van der Waals surface area contributed by atoms with Crippen LogP contribution in [-0.4, -0.2) is 41.6 Å². The predicted octanol–water partition coefficient (Wildman–Crippen LogP) is 4.36. The topological polar surface area (TPSA) is 41.6 Å². The normalized spacial score (nSPS) is 14.5. The van der Waals surface area contributed by atoms with Crippen molar-refractivity contribution in [2.24, 2.45) is 0 Å². The first-order chi connectivity index (χ1) is 13.5. The number of furan rings is 1. The quantitative estimate of drug-likeness (QED) is 0.656. The van der Waals surface area contributed by atoms with E-state index in [1.54, 1.807) is 6.26 Å². The second-order valence-corrected chi connectivity index (χ2v) is 7.59. The molecule has 1 aliphatic rings. The molecule has 0 radical (unpaired) electrons. The minimum Gasteiger partial charge on any atom is -0.467 e. The maximum atomic E-state index is 13.1. The fraction of sp³-hybridized carbons (Fsp3) is 0.318. The van der Waals surface area contributed by atoms with Gasteiger partial charge in [-0.05, 0) is 44.2 Å². The molecule has 28 heavy (non-hydrogen) atoms. The van der Waals surface area contributed by atoms with E-state index in [0.717, 1.165) is 46.5 Å². The monoisotopic (exact) mass is 397 g/mol. The number of aryl methyl sites for hydroxylation is 1. The van der Waals surface area contributed by atoms with Crippen molar-refractivity contribution in [3.63, 3.8) is 0 Å². The van der Waals surface area contributed by atoms with Crippen LogP contribution in [-0.2, 0) is 6.54 Å². The molecule has 1 fully saturated rings. The molecule has 1 aliphatic heterocycles. The highest BCUT2D eigenvalue weighted by Crippen LogP contribution is 2.27. The fourth-order valence-corrected chi connectivity index (χ4v) is 4.10. The van der Waals surface area contributed by atoms with Crippen LogP contribution in [0.5, 0.6) is 0 Å². The van der Waals surface area contributed by atoms with E-state index >= 15 is 0 Å². The van der Waals surface area contributed by atoms with Gasteiger partial charge >= 0.3 is 0 Å². The van der Waals surface area contributed by atoms with Crippen molar-refractivity contribution in [1.82, 2.24) is 9.47 Å². The molecule has 3 aromatic rings. The van der Waals surface area contributed by atoms with Crippen LogP contribution in [0.15, 0.2) is 53.1 Å². The van der Waals surface area contributed by atoms with Gasteiger partial charge in [0.2, 0.25) is 0 Å². The highest BCUT2D eigenvalue weighted by atomic mass is 35.5. The van der Waals surface area contributed by atoms with Gasteiger partial charge in [0.1, 0.15) is 5.76 Å². The molecule has 0 atom stereocenters. The van der Waals surface area contributed by atoms with Gasteiger partial charge in [0.25, 0.3) is 5.91 Å². The van der Waals surface area contributed by atoms with E-state index < -0.39 is 0 Å². The van der Waals surface area contributed by atoms with Gasteiger partial charge in [-0.3, -0.25) is 4.79 Å².